The first-order chi connectivity index (χ1) is 16.0. The van der Waals surface area contributed by atoms with Crippen LogP contribution in [0.5, 0.6) is 0 Å². The molecule has 0 fully saturated rings. The van der Waals surface area contributed by atoms with E-state index in [0.29, 0.717) is 6.54 Å². The molecule has 3 heterocycles. The van der Waals surface area contributed by atoms with Gasteiger partial charge in [-0.05, 0) is 37.5 Å². The van der Waals surface area contributed by atoms with Crippen LogP contribution in [0.4, 0.5) is 5.69 Å². The standard InChI is InChI=1S/C26H26N3OS3/c1-5-28-17(3)16-31-23(28)15-24-29(6-2)26(30)21(33-24)13-14-22-27(4)25-19-10-8-7-9-18(19)11-12-20(25)32-22/h7-16H,5-6H2,1-4H3/q+1/b21-13-,22-14-. The molecule has 0 saturated heterocycles. The van der Waals surface area contributed by atoms with E-state index in [1.807, 2.05) is 17.6 Å². The number of allylic oxidation sites excluding steroid dienone is 1. The Morgan fingerprint density at radius 3 is 2.70 bits per heavy atom. The first-order valence-corrected chi connectivity index (χ1v) is 13.6. The van der Waals surface area contributed by atoms with Crippen LogP contribution in [0.15, 0.2) is 62.6 Å². The average Bonchev–Trinajstić information content (AvgIpc) is 3.45. The highest BCUT2D eigenvalue weighted by Crippen LogP contribution is 2.48. The molecule has 4 nitrogen and oxygen atoms in total. The summed E-state index contributed by atoms with van der Waals surface area (Å²) in [5, 5.41) is 6.97. The predicted octanol–water partition coefficient (Wildman–Crippen LogP) is 4.45. The van der Waals surface area contributed by atoms with Crippen LogP contribution in [-0.2, 0) is 13.1 Å². The molecule has 0 N–H and O–H groups in total. The van der Waals surface area contributed by atoms with Crippen molar-refractivity contribution >= 4 is 63.0 Å². The number of aryl methyl sites for hydroxylation is 1. The highest BCUT2D eigenvalue weighted by molar-refractivity contribution is 8.03. The Bertz CT molecular complexity index is 1570. The van der Waals surface area contributed by atoms with Gasteiger partial charge in [0.05, 0.1) is 26.7 Å². The van der Waals surface area contributed by atoms with Gasteiger partial charge in [0.25, 0.3) is 10.6 Å². The molecular weight excluding hydrogens is 467 g/mol. The number of nitrogens with zero attached hydrogens (tertiary/aromatic N) is 3. The Morgan fingerprint density at radius 2 is 1.91 bits per heavy atom. The Labute approximate surface area is 205 Å². The summed E-state index contributed by atoms with van der Waals surface area (Å²) >= 11 is 5.04. The van der Waals surface area contributed by atoms with Crippen LogP contribution in [0, 0.1) is 6.92 Å². The number of aromatic nitrogens is 2. The van der Waals surface area contributed by atoms with E-state index in [4.69, 9.17) is 0 Å². The van der Waals surface area contributed by atoms with Crippen molar-refractivity contribution in [2.75, 3.05) is 11.9 Å². The maximum absolute atomic E-state index is 13.1. The molecule has 1 aliphatic heterocycles. The Morgan fingerprint density at radius 1 is 1.09 bits per heavy atom. The lowest BCUT2D eigenvalue weighted by Gasteiger charge is -2.15. The molecule has 7 heteroatoms. The fourth-order valence-corrected chi connectivity index (χ4v) is 7.47. The average molecular weight is 493 g/mol. The lowest BCUT2D eigenvalue weighted by atomic mass is 10.1. The molecule has 0 amide bonds. The molecule has 0 aliphatic carbocycles. The predicted molar refractivity (Wildman–Crippen MR) is 143 cm³/mol. The molecule has 4 aromatic rings. The molecule has 0 saturated carbocycles. The van der Waals surface area contributed by atoms with E-state index in [-0.39, 0.29) is 5.56 Å². The van der Waals surface area contributed by atoms with E-state index < -0.39 is 0 Å². The summed E-state index contributed by atoms with van der Waals surface area (Å²) in [5.74, 6) is 0. The number of thiazole rings is 2. The third kappa shape index (κ3) is 3.88. The van der Waals surface area contributed by atoms with Gasteiger partial charge < -0.3 is 4.90 Å². The van der Waals surface area contributed by atoms with Gasteiger partial charge >= 0.3 is 0 Å². The monoisotopic (exact) mass is 492 g/mol. The van der Waals surface area contributed by atoms with E-state index in [0.717, 1.165) is 20.8 Å². The van der Waals surface area contributed by atoms with Crippen LogP contribution >= 0.6 is 34.4 Å². The minimum atomic E-state index is 0.0792. The van der Waals surface area contributed by atoms with Crippen LogP contribution in [0.3, 0.4) is 0 Å². The van der Waals surface area contributed by atoms with E-state index >= 15 is 0 Å². The van der Waals surface area contributed by atoms with Crippen LogP contribution in [0.2, 0.25) is 0 Å². The quantitative estimate of drug-likeness (QED) is 0.394. The second kappa shape index (κ2) is 8.97. The number of fused-ring (bicyclic) bond motifs is 3. The first-order valence-electron chi connectivity index (χ1n) is 11.1. The smallest absolute Gasteiger partial charge is 0.269 e. The van der Waals surface area contributed by atoms with Gasteiger partial charge in [-0.25, -0.2) is 0 Å². The molecule has 33 heavy (non-hydrogen) atoms. The molecule has 0 bridgehead atoms. The Balaban J connectivity index is 1.57. The van der Waals surface area contributed by atoms with Crippen molar-refractivity contribution in [3.8, 4) is 0 Å². The number of anilines is 1. The van der Waals surface area contributed by atoms with Gasteiger partial charge in [-0.15, -0.1) is 11.3 Å². The van der Waals surface area contributed by atoms with Crippen molar-refractivity contribution in [1.29, 1.82) is 0 Å². The summed E-state index contributed by atoms with van der Waals surface area (Å²) in [4.78, 5) is 16.6. The van der Waals surface area contributed by atoms with Crippen molar-refractivity contribution in [1.82, 2.24) is 4.57 Å². The zero-order valence-corrected chi connectivity index (χ0v) is 21.6. The molecule has 0 atom stereocenters. The van der Waals surface area contributed by atoms with Gasteiger partial charge in [0.15, 0.2) is 5.69 Å². The van der Waals surface area contributed by atoms with E-state index in [1.165, 1.54) is 32.1 Å². The van der Waals surface area contributed by atoms with Gasteiger partial charge in [-0.2, -0.15) is 4.57 Å². The van der Waals surface area contributed by atoms with Crippen LogP contribution < -0.4 is 24.2 Å². The SMILES string of the molecule is CCn1c(=O)/c(=C/C=C2\Sc3ccc4ccccc4c3N2C)s/c1=C\c1scc(C)[n+]1CC. The van der Waals surface area contributed by atoms with Crippen molar-refractivity contribution in [2.45, 2.75) is 38.8 Å². The second-order valence-electron chi connectivity index (χ2n) is 7.92. The highest BCUT2D eigenvalue weighted by atomic mass is 32.2. The summed E-state index contributed by atoms with van der Waals surface area (Å²) in [7, 11) is 2.10. The van der Waals surface area contributed by atoms with Gasteiger partial charge in [0.1, 0.15) is 11.2 Å². The Hall–Kier alpha value is -2.61. The minimum absolute atomic E-state index is 0.0792. The molecule has 0 unspecified atom stereocenters. The summed E-state index contributed by atoms with van der Waals surface area (Å²) in [5.41, 5.74) is 2.57. The molecule has 2 aromatic carbocycles. The van der Waals surface area contributed by atoms with Gasteiger partial charge in [-0.3, -0.25) is 9.36 Å². The lowest BCUT2D eigenvalue weighted by molar-refractivity contribution is -0.696. The largest absolute Gasteiger partial charge is 0.338 e. The summed E-state index contributed by atoms with van der Waals surface area (Å²) in [6.45, 7) is 7.90. The normalized spacial score (nSPS) is 15.9. The topological polar surface area (TPSA) is 29.1 Å². The highest BCUT2D eigenvalue weighted by Gasteiger charge is 2.23. The number of hydrogen-bond donors (Lipinski definition) is 0. The zero-order valence-electron chi connectivity index (χ0n) is 19.2. The van der Waals surface area contributed by atoms with Crippen molar-refractivity contribution in [3.63, 3.8) is 0 Å². The van der Waals surface area contributed by atoms with Crippen LogP contribution in [0.25, 0.3) is 22.9 Å². The number of thioether (sulfide) groups is 1. The molecular formula is C26H26N3OS3+. The van der Waals surface area contributed by atoms with Gasteiger partial charge in [0, 0.05) is 30.8 Å². The van der Waals surface area contributed by atoms with E-state index in [1.54, 1.807) is 34.4 Å². The van der Waals surface area contributed by atoms with Crippen molar-refractivity contribution in [3.05, 3.63) is 83.1 Å². The number of hydrogen-bond acceptors (Lipinski definition) is 5. The van der Waals surface area contributed by atoms with Gasteiger partial charge in [0.2, 0.25) is 0 Å². The maximum atomic E-state index is 13.1. The summed E-state index contributed by atoms with van der Waals surface area (Å²) in [6, 6.07) is 12.9. The molecule has 168 valence electrons. The molecule has 0 spiro atoms. The summed E-state index contributed by atoms with van der Waals surface area (Å²) in [6.07, 6.45) is 6.22. The van der Waals surface area contributed by atoms with Crippen molar-refractivity contribution in [2.24, 2.45) is 0 Å². The molecule has 0 radical (unpaired) electrons. The van der Waals surface area contributed by atoms with Crippen molar-refractivity contribution < 1.29 is 4.57 Å². The van der Waals surface area contributed by atoms with E-state index in [9.17, 15) is 4.79 Å². The third-order valence-corrected chi connectivity index (χ3v) is 9.26. The first kappa shape index (κ1) is 22.2. The summed E-state index contributed by atoms with van der Waals surface area (Å²) < 4.78 is 5.92. The van der Waals surface area contributed by atoms with Gasteiger partial charge in [-0.1, -0.05) is 53.4 Å². The number of benzene rings is 2. The maximum Gasteiger partial charge on any atom is 0.269 e. The van der Waals surface area contributed by atoms with Crippen LogP contribution in [-0.4, -0.2) is 11.6 Å². The third-order valence-electron chi connectivity index (χ3n) is 5.98. The van der Waals surface area contributed by atoms with E-state index in [2.05, 4.69) is 84.3 Å². The minimum Gasteiger partial charge on any atom is -0.338 e. The molecule has 2 aromatic heterocycles. The number of rotatable bonds is 4. The fourth-order valence-electron chi connectivity index (χ4n) is 4.27. The lowest BCUT2D eigenvalue weighted by Crippen LogP contribution is -2.37. The fraction of sp³-hybridized carbons (Fsp3) is 0.231. The Kier molecular flexibility index (Phi) is 6.03. The molecule has 1 aliphatic rings. The molecule has 5 rings (SSSR count). The zero-order chi connectivity index (χ0) is 23.1. The second-order valence-corrected chi connectivity index (χ2v) is 10.9. The van der Waals surface area contributed by atoms with Crippen LogP contribution in [0.1, 0.15) is 24.5 Å².